The highest BCUT2D eigenvalue weighted by Gasteiger charge is 2.15. The lowest BCUT2D eigenvalue weighted by molar-refractivity contribution is -0.140. The van der Waals surface area contributed by atoms with Crippen LogP contribution in [0.2, 0.25) is 0 Å². The Morgan fingerprint density at radius 1 is 1.29 bits per heavy atom. The molecule has 118 valence electrons. The Bertz CT molecular complexity index is 397. The first-order valence-corrected chi connectivity index (χ1v) is 7.25. The lowest BCUT2D eigenvalue weighted by Crippen LogP contribution is -2.35. The monoisotopic (exact) mass is 295 g/mol. The Morgan fingerprint density at radius 2 is 2.00 bits per heavy atom. The van der Waals surface area contributed by atoms with Crippen LogP contribution >= 0.6 is 0 Å². The van der Waals surface area contributed by atoms with Gasteiger partial charge in [0.25, 0.3) is 0 Å². The van der Waals surface area contributed by atoms with Gasteiger partial charge >= 0.3 is 5.97 Å². The van der Waals surface area contributed by atoms with E-state index in [0.717, 1.165) is 12.0 Å². The summed E-state index contributed by atoms with van der Waals surface area (Å²) < 4.78 is 10.1. The smallest absolute Gasteiger partial charge is 0.305 e. The highest BCUT2D eigenvalue weighted by molar-refractivity contribution is 5.69. The quantitative estimate of drug-likeness (QED) is 0.506. The van der Waals surface area contributed by atoms with Crippen molar-refractivity contribution in [2.24, 2.45) is 5.73 Å². The normalized spacial score (nSPS) is 13.7. The van der Waals surface area contributed by atoms with Gasteiger partial charge in [-0.1, -0.05) is 30.3 Å². The van der Waals surface area contributed by atoms with Crippen molar-refractivity contribution in [1.29, 1.82) is 0 Å². The van der Waals surface area contributed by atoms with Crippen LogP contribution in [0.3, 0.4) is 0 Å². The van der Waals surface area contributed by atoms with Gasteiger partial charge in [-0.3, -0.25) is 4.79 Å². The van der Waals surface area contributed by atoms with E-state index < -0.39 is 12.1 Å². The number of benzene rings is 1. The van der Waals surface area contributed by atoms with Crippen molar-refractivity contribution in [3.63, 3.8) is 0 Å². The van der Waals surface area contributed by atoms with Crippen LogP contribution in [0.15, 0.2) is 30.3 Å². The van der Waals surface area contributed by atoms with E-state index in [4.69, 9.17) is 10.5 Å². The van der Waals surface area contributed by atoms with Crippen molar-refractivity contribution in [3.8, 4) is 0 Å². The minimum Gasteiger partial charge on any atom is -0.469 e. The Kier molecular flexibility index (Phi) is 8.66. The summed E-state index contributed by atoms with van der Waals surface area (Å²) >= 11 is 0. The number of carbonyl (C=O) groups excluding carboxylic acids is 1. The summed E-state index contributed by atoms with van der Waals surface area (Å²) in [6, 6.07) is 9.54. The summed E-state index contributed by atoms with van der Waals surface area (Å²) in [6.45, 7) is 1.15. The van der Waals surface area contributed by atoms with Crippen LogP contribution in [0.1, 0.15) is 31.2 Å². The SMILES string of the molecule is COC(=O)CCC(N)C(O)CCCOCc1ccccc1. The largest absolute Gasteiger partial charge is 0.469 e. The molecule has 1 aromatic carbocycles. The Balaban J connectivity index is 2.07. The summed E-state index contributed by atoms with van der Waals surface area (Å²) in [5.74, 6) is -0.302. The molecule has 2 atom stereocenters. The summed E-state index contributed by atoms with van der Waals surface area (Å²) in [7, 11) is 1.34. The number of methoxy groups -OCH3 is 1. The summed E-state index contributed by atoms with van der Waals surface area (Å²) in [4.78, 5) is 11.0. The molecule has 3 N–H and O–H groups in total. The van der Waals surface area contributed by atoms with Crippen molar-refractivity contribution in [2.45, 2.75) is 44.4 Å². The molecular formula is C16H25NO4. The zero-order valence-corrected chi connectivity index (χ0v) is 12.5. The van der Waals surface area contributed by atoms with E-state index in [9.17, 15) is 9.90 Å². The summed E-state index contributed by atoms with van der Waals surface area (Å²) in [6.07, 6.45) is 1.35. The molecule has 0 heterocycles. The fourth-order valence-electron chi connectivity index (χ4n) is 1.95. The summed E-state index contributed by atoms with van der Waals surface area (Å²) in [5.41, 5.74) is 6.96. The maximum atomic E-state index is 11.0. The standard InChI is InChI=1S/C16H25NO4/c1-20-16(19)10-9-14(17)15(18)8-5-11-21-12-13-6-3-2-4-7-13/h2-4,6-7,14-15,18H,5,8-12,17H2,1H3. The van der Waals surface area contributed by atoms with Gasteiger partial charge in [0.2, 0.25) is 0 Å². The fourth-order valence-corrected chi connectivity index (χ4v) is 1.95. The van der Waals surface area contributed by atoms with E-state index >= 15 is 0 Å². The molecule has 1 aromatic rings. The van der Waals surface area contributed by atoms with Gasteiger partial charge in [0.15, 0.2) is 0 Å². The molecule has 0 aliphatic carbocycles. The van der Waals surface area contributed by atoms with Gasteiger partial charge in [-0.25, -0.2) is 0 Å². The average molecular weight is 295 g/mol. The molecule has 21 heavy (non-hydrogen) atoms. The highest BCUT2D eigenvalue weighted by Crippen LogP contribution is 2.08. The molecule has 0 bridgehead atoms. The zero-order valence-electron chi connectivity index (χ0n) is 12.5. The predicted octanol–water partition coefficient (Wildman–Crippen LogP) is 1.62. The molecule has 5 nitrogen and oxygen atoms in total. The van der Waals surface area contributed by atoms with E-state index in [1.807, 2.05) is 30.3 Å². The molecule has 0 amide bonds. The second-order valence-corrected chi connectivity index (χ2v) is 5.03. The minimum atomic E-state index is -0.616. The maximum Gasteiger partial charge on any atom is 0.305 e. The molecule has 2 unspecified atom stereocenters. The van der Waals surface area contributed by atoms with Gasteiger partial charge in [-0.05, 0) is 24.8 Å². The molecule has 0 saturated heterocycles. The zero-order chi connectivity index (χ0) is 15.5. The van der Waals surface area contributed by atoms with Crippen LogP contribution in [-0.4, -0.2) is 36.9 Å². The van der Waals surface area contributed by atoms with Gasteiger partial charge in [0, 0.05) is 19.1 Å². The van der Waals surface area contributed by atoms with Gasteiger partial charge < -0.3 is 20.3 Å². The van der Waals surface area contributed by atoms with E-state index in [0.29, 0.717) is 26.1 Å². The molecule has 1 rings (SSSR count). The van der Waals surface area contributed by atoms with Crippen LogP contribution in [-0.2, 0) is 20.9 Å². The number of esters is 1. The van der Waals surface area contributed by atoms with Crippen LogP contribution in [0.25, 0.3) is 0 Å². The van der Waals surface area contributed by atoms with Crippen molar-refractivity contribution in [1.82, 2.24) is 0 Å². The molecule has 0 aliphatic heterocycles. The van der Waals surface area contributed by atoms with Crippen LogP contribution in [0, 0.1) is 0 Å². The number of carbonyl (C=O) groups is 1. The predicted molar refractivity (Wildman–Crippen MR) is 80.6 cm³/mol. The first-order valence-electron chi connectivity index (χ1n) is 7.25. The maximum absolute atomic E-state index is 11.0. The topological polar surface area (TPSA) is 81.8 Å². The second-order valence-electron chi connectivity index (χ2n) is 5.03. The number of hydrogen-bond acceptors (Lipinski definition) is 5. The number of aliphatic hydroxyl groups is 1. The first-order chi connectivity index (χ1) is 10.1. The van der Waals surface area contributed by atoms with Crippen molar-refractivity contribution in [3.05, 3.63) is 35.9 Å². The second kappa shape index (κ2) is 10.3. The van der Waals surface area contributed by atoms with E-state index in [1.54, 1.807) is 0 Å². The van der Waals surface area contributed by atoms with Gasteiger partial charge in [0.05, 0.1) is 19.8 Å². The van der Waals surface area contributed by atoms with Crippen molar-refractivity contribution >= 4 is 5.97 Å². The molecule has 0 spiro atoms. The van der Waals surface area contributed by atoms with Gasteiger partial charge in [-0.15, -0.1) is 0 Å². The number of ether oxygens (including phenoxy) is 2. The third-order valence-corrected chi connectivity index (χ3v) is 3.30. The number of rotatable bonds is 10. The molecule has 0 radical (unpaired) electrons. The van der Waals surface area contributed by atoms with E-state index in [-0.39, 0.29) is 12.4 Å². The lowest BCUT2D eigenvalue weighted by Gasteiger charge is -2.18. The first kappa shape index (κ1) is 17.6. The Hall–Kier alpha value is -1.43. The Morgan fingerprint density at radius 3 is 2.67 bits per heavy atom. The van der Waals surface area contributed by atoms with Crippen LogP contribution < -0.4 is 5.73 Å². The highest BCUT2D eigenvalue weighted by atomic mass is 16.5. The average Bonchev–Trinajstić information content (AvgIpc) is 2.52. The van der Waals surface area contributed by atoms with Crippen LogP contribution in [0.5, 0.6) is 0 Å². The van der Waals surface area contributed by atoms with E-state index in [1.165, 1.54) is 7.11 Å². The fraction of sp³-hybridized carbons (Fsp3) is 0.562. The third-order valence-electron chi connectivity index (χ3n) is 3.30. The molecule has 0 saturated carbocycles. The van der Waals surface area contributed by atoms with E-state index in [2.05, 4.69) is 4.74 Å². The van der Waals surface area contributed by atoms with Crippen molar-refractivity contribution < 1.29 is 19.4 Å². The number of nitrogens with two attached hydrogens (primary N) is 1. The molecular weight excluding hydrogens is 270 g/mol. The molecule has 0 aliphatic rings. The van der Waals surface area contributed by atoms with Crippen LogP contribution in [0.4, 0.5) is 0 Å². The minimum absolute atomic E-state index is 0.235. The summed E-state index contributed by atoms with van der Waals surface area (Å²) in [5, 5.41) is 9.89. The molecule has 0 aromatic heterocycles. The lowest BCUT2D eigenvalue weighted by atomic mass is 10.0. The molecule has 5 heteroatoms. The Labute approximate surface area is 126 Å². The number of aliphatic hydroxyl groups excluding tert-OH is 1. The third kappa shape index (κ3) is 7.80. The number of hydrogen-bond donors (Lipinski definition) is 2. The van der Waals surface area contributed by atoms with Gasteiger partial charge in [-0.2, -0.15) is 0 Å². The van der Waals surface area contributed by atoms with Gasteiger partial charge in [0.1, 0.15) is 0 Å². The van der Waals surface area contributed by atoms with Crippen molar-refractivity contribution in [2.75, 3.05) is 13.7 Å². The molecule has 0 fully saturated rings.